The lowest BCUT2D eigenvalue weighted by Crippen LogP contribution is -2.46. The van der Waals surface area contributed by atoms with Gasteiger partial charge in [-0.2, -0.15) is 0 Å². The van der Waals surface area contributed by atoms with Gasteiger partial charge in [-0.1, -0.05) is 30.3 Å². The second-order valence-electron chi connectivity index (χ2n) is 7.90. The Labute approximate surface area is 156 Å². The van der Waals surface area contributed by atoms with E-state index in [2.05, 4.69) is 35.2 Å². The Balaban J connectivity index is 1.46. The molecule has 2 amide bonds. The van der Waals surface area contributed by atoms with Gasteiger partial charge >= 0.3 is 0 Å². The molecule has 0 N–H and O–H groups in total. The van der Waals surface area contributed by atoms with E-state index in [9.17, 15) is 9.59 Å². The molecule has 2 atom stereocenters. The minimum Gasteiger partial charge on any atom is -0.345 e. The number of likely N-dealkylation sites (tertiary alicyclic amines) is 2. The first-order valence-electron chi connectivity index (χ1n) is 9.79. The first-order chi connectivity index (χ1) is 12.5. The number of rotatable bonds is 5. The average molecular weight is 357 g/mol. The van der Waals surface area contributed by atoms with Gasteiger partial charge in [0.1, 0.15) is 0 Å². The van der Waals surface area contributed by atoms with Crippen LogP contribution in [0.4, 0.5) is 0 Å². The largest absolute Gasteiger partial charge is 0.345 e. The van der Waals surface area contributed by atoms with Gasteiger partial charge in [-0.3, -0.25) is 14.5 Å². The Morgan fingerprint density at radius 3 is 2.62 bits per heavy atom. The molecule has 2 saturated heterocycles. The van der Waals surface area contributed by atoms with Crippen LogP contribution in [0.3, 0.4) is 0 Å². The predicted molar refractivity (Wildman–Crippen MR) is 102 cm³/mol. The van der Waals surface area contributed by atoms with E-state index < -0.39 is 0 Å². The molecule has 26 heavy (non-hydrogen) atoms. The summed E-state index contributed by atoms with van der Waals surface area (Å²) in [6, 6.07) is 10.6. The van der Waals surface area contributed by atoms with Gasteiger partial charge in [-0.05, 0) is 37.3 Å². The number of amides is 2. The van der Waals surface area contributed by atoms with E-state index >= 15 is 0 Å². The van der Waals surface area contributed by atoms with E-state index in [0.717, 1.165) is 52.0 Å². The molecule has 0 aromatic heterocycles. The number of nitrogens with zero attached hydrogens (tertiary/aromatic N) is 3. The highest BCUT2D eigenvalue weighted by Gasteiger charge is 2.31. The highest BCUT2D eigenvalue weighted by molar-refractivity contribution is 5.80. The SMILES string of the molecule is CC(=O)N1CCCC(C(=O)N(C)CC2CCN(Cc3ccccc3)C2)C1. The van der Waals surface area contributed by atoms with Crippen LogP contribution in [0.1, 0.15) is 31.7 Å². The summed E-state index contributed by atoms with van der Waals surface area (Å²) >= 11 is 0. The fourth-order valence-corrected chi connectivity index (χ4v) is 4.30. The molecule has 2 heterocycles. The van der Waals surface area contributed by atoms with E-state index in [0.29, 0.717) is 12.5 Å². The predicted octanol–water partition coefficient (Wildman–Crippen LogP) is 2.23. The Morgan fingerprint density at radius 2 is 1.88 bits per heavy atom. The van der Waals surface area contributed by atoms with Crippen LogP contribution in [-0.4, -0.2) is 66.3 Å². The first kappa shape index (κ1) is 18.9. The fourth-order valence-electron chi connectivity index (χ4n) is 4.30. The fraction of sp³-hybridized carbons (Fsp3) is 0.619. The van der Waals surface area contributed by atoms with E-state index in [4.69, 9.17) is 0 Å². The van der Waals surface area contributed by atoms with Crippen molar-refractivity contribution in [3.05, 3.63) is 35.9 Å². The van der Waals surface area contributed by atoms with Crippen LogP contribution in [0.25, 0.3) is 0 Å². The normalized spacial score (nSPS) is 23.8. The minimum absolute atomic E-state index is 0.0283. The van der Waals surface area contributed by atoms with Gasteiger partial charge in [0.15, 0.2) is 0 Å². The van der Waals surface area contributed by atoms with Crippen LogP contribution in [-0.2, 0) is 16.1 Å². The zero-order chi connectivity index (χ0) is 18.5. The molecular formula is C21H31N3O2. The zero-order valence-electron chi connectivity index (χ0n) is 16.1. The Hall–Kier alpha value is -1.88. The molecule has 3 rings (SSSR count). The summed E-state index contributed by atoms with van der Waals surface area (Å²) in [6.45, 7) is 6.94. The third kappa shape index (κ3) is 4.85. The van der Waals surface area contributed by atoms with Gasteiger partial charge in [-0.25, -0.2) is 0 Å². The summed E-state index contributed by atoms with van der Waals surface area (Å²) in [5, 5.41) is 0. The molecule has 2 fully saturated rings. The number of carbonyl (C=O) groups is 2. The smallest absolute Gasteiger partial charge is 0.227 e. The summed E-state index contributed by atoms with van der Waals surface area (Å²) in [7, 11) is 1.93. The summed E-state index contributed by atoms with van der Waals surface area (Å²) in [6.07, 6.45) is 2.98. The lowest BCUT2D eigenvalue weighted by Gasteiger charge is -2.34. The van der Waals surface area contributed by atoms with Crippen molar-refractivity contribution in [3.8, 4) is 0 Å². The first-order valence-corrected chi connectivity index (χ1v) is 9.79. The van der Waals surface area contributed by atoms with Crippen LogP contribution in [0.15, 0.2) is 30.3 Å². The van der Waals surface area contributed by atoms with Crippen LogP contribution in [0.2, 0.25) is 0 Å². The van der Waals surface area contributed by atoms with E-state index in [1.807, 2.05) is 16.8 Å². The highest BCUT2D eigenvalue weighted by Crippen LogP contribution is 2.22. The van der Waals surface area contributed by atoms with Crippen molar-refractivity contribution in [1.29, 1.82) is 0 Å². The van der Waals surface area contributed by atoms with Gasteiger partial charge in [0, 0.05) is 46.7 Å². The maximum Gasteiger partial charge on any atom is 0.227 e. The van der Waals surface area contributed by atoms with Crippen LogP contribution >= 0.6 is 0 Å². The van der Waals surface area contributed by atoms with Gasteiger partial charge < -0.3 is 9.80 Å². The van der Waals surface area contributed by atoms with Crippen LogP contribution in [0.5, 0.6) is 0 Å². The molecule has 0 radical (unpaired) electrons. The molecule has 2 aliphatic heterocycles. The molecule has 0 spiro atoms. The Bertz CT molecular complexity index is 619. The summed E-state index contributed by atoms with van der Waals surface area (Å²) in [5.41, 5.74) is 1.35. The van der Waals surface area contributed by atoms with Gasteiger partial charge in [0.05, 0.1) is 5.92 Å². The molecule has 0 aliphatic carbocycles. The van der Waals surface area contributed by atoms with Gasteiger partial charge in [0.2, 0.25) is 11.8 Å². The van der Waals surface area contributed by atoms with E-state index in [1.165, 1.54) is 5.56 Å². The maximum absolute atomic E-state index is 12.8. The molecule has 2 aliphatic rings. The zero-order valence-corrected chi connectivity index (χ0v) is 16.1. The summed E-state index contributed by atoms with van der Waals surface area (Å²) in [4.78, 5) is 30.6. The van der Waals surface area contributed by atoms with Crippen molar-refractivity contribution in [2.75, 3.05) is 39.8 Å². The third-order valence-electron chi connectivity index (χ3n) is 5.74. The van der Waals surface area contributed by atoms with E-state index in [-0.39, 0.29) is 17.7 Å². The number of piperidine rings is 1. The van der Waals surface area contributed by atoms with Crippen molar-refractivity contribution in [2.24, 2.45) is 11.8 Å². The Kier molecular flexibility index (Phi) is 6.30. The molecule has 2 unspecified atom stereocenters. The monoisotopic (exact) mass is 357 g/mol. The molecule has 142 valence electrons. The highest BCUT2D eigenvalue weighted by atomic mass is 16.2. The summed E-state index contributed by atoms with van der Waals surface area (Å²) < 4.78 is 0. The van der Waals surface area contributed by atoms with E-state index in [1.54, 1.807) is 6.92 Å². The standard InChI is InChI=1S/C21H31N3O2/c1-17(25)24-11-6-9-20(16-24)21(26)22(2)13-19-10-12-23(15-19)14-18-7-4-3-5-8-18/h3-5,7-8,19-20H,6,9-16H2,1-2H3. The minimum atomic E-state index is -0.0283. The molecule has 1 aromatic carbocycles. The van der Waals surface area contributed by atoms with Crippen molar-refractivity contribution in [3.63, 3.8) is 0 Å². The lowest BCUT2D eigenvalue weighted by atomic mass is 9.96. The molecule has 5 nitrogen and oxygen atoms in total. The molecule has 0 saturated carbocycles. The van der Waals surface area contributed by atoms with Crippen LogP contribution < -0.4 is 0 Å². The molecule has 5 heteroatoms. The van der Waals surface area contributed by atoms with Gasteiger partial charge in [0.25, 0.3) is 0 Å². The van der Waals surface area contributed by atoms with Crippen molar-refractivity contribution < 1.29 is 9.59 Å². The maximum atomic E-state index is 12.8. The topological polar surface area (TPSA) is 43.9 Å². The second kappa shape index (κ2) is 8.67. The van der Waals surface area contributed by atoms with Crippen molar-refractivity contribution >= 4 is 11.8 Å². The molecular weight excluding hydrogens is 326 g/mol. The van der Waals surface area contributed by atoms with Gasteiger partial charge in [-0.15, -0.1) is 0 Å². The average Bonchev–Trinajstić information content (AvgIpc) is 3.08. The quantitative estimate of drug-likeness (QED) is 0.812. The Morgan fingerprint density at radius 1 is 1.12 bits per heavy atom. The van der Waals surface area contributed by atoms with Crippen molar-refractivity contribution in [1.82, 2.24) is 14.7 Å². The van der Waals surface area contributed by atoms with Crippen LogP contribution in [0, 0.1) is 11.8 Å². The van der Waals surface area contributed by atoms with Crippen molar-refractivity contribution in [2.45, 2.75) is 32.7 Å². The number of hydrogen-bond acceptors (Lipinski definition) is 3. The third-order valence-corrected chi connectivity index (χ3v) is 5.74. The molecule has 1 aromatic rings. The lowest BCUT2D eigenvalue weighted by molar-refractivity contribution is -0.139. The number of hydrogen-bond donors (Lipinski definition) is 0. The number of carbonyl (C=O) groups excluding carboxylic acids is 2. The summed E-state index contributed by atoms with van der Waals surface area (Å²) in [5.74, 6) is 0.801. The number of benzene rings is 1. The second-order valence-corrected chi connectivity index (χ2v) is 7.90. The molecule has 0 bridgehead atoms.